The molecule has 25 heavy (non-hydrogen) atoms. The molecule has 0 bridgehead atoms. The molecule has 0 radical (unpaired) electrons. The summed E-state index contributed by atoms with van der Waals surface area (Å²) >= 11 is 0. The molecule has 138 valence electrons. The Hall–Kier alpha value is -1.58. The molecule has 5 heteroatoms. The fourth-order valence-corrected chi connectivity index (χ4v) is 2.55. The lowest BCUT2D eigenvalue weighted by atomic mass is 10.2. The van der Waals surface area contributed by atoms with Gasteiger partial charge in [0.25, 0.3) is 0 Å². The zero-order valence-electron chi connectivity index (χ0n) is 14.7. The molecule has 2 aliphatic rings. The summed E-state index contributed by atoms with van der Waals surface area (Å²) in [5, 5.41) is 8.33. The Bertz CT molecular complexity index is 480. The number of hydrogen-bond donors (Lipinski definition) is 1. The van der Waals surface area contributed by atoms with Gasteiger partial charge in [0.2, 0.25) is 0 Å². The van der Waals surface area contributed by atoms with Crippen molar-refractivity contribution in [2.24, 2.45) is 0 Å². The Morgan fingerprint density at radius 2 is 1.56 bits per heavy atom. The number of aliphatic hydroxyl groups excluding tert-OH is 1. The maximum atomic E-state index is 8.33. The van der Waals surface area contributed by atoms with E-state index in [-0.39, 0.29) is 19.2 Å². The van der Waals surface area contributed by atoms with Crippen LogP contribution in [0.2, 0.25) is 0 Å². The first-order chi connectivity index (χ1) is 12.4. The zero-order chi connectivity index (χ0) is 17.6. The molecule has 0 spiro atoms. The molecule has 2 atom stereocenters. The molecule has 2 saturated heterocycles. The summed E-state index contributed by atoms with van der Waals surface area (Å²) in [6, 6.07) is 9.44. The quantitative estimate of drug-likeness (QED) is 0.847. The van der Waals surface area contributed by atoms with E-state index in [0.29, 0.717) is 6.61 Å². The van der Waals surface area contributed by atoms with Gasteiger partial charge in [0.15, 0.2) is 12.6 Å². The van der Waals surface area contributed by atoms with Gasteiger partial charge in [-0.2, -0.15) is 0 Å². The Morgan fingerprint density at radius 3 is 2.08 bits per heavy atom. The first-order valence-electron chi connectivity index (χ1n) is 9.01. The lowest BCUT2D eigenvalue weighted by molar-refractivity contribution is -0.264. The van der Waals surface area contributed by atoms with E-state index in [1.807, 2.05) is 30.3 Å². The second-order valence-electron chi connectivity index (χ2n) is 5.84. The lowest BCUT2D eigenvalue weighted by Crippen LogP contribution is -2.31. The number of benzene rings is 1. The molecule has 0 amide bonds. The third kappa shape index (κ3) is 8.89. The fraction of sp³-hybridized carbons (Fsp3) is 0.600. The van der Waals surface area contributed by atoms with Gasteiger partial charge in [-0.3, -0.25) is 0 Å². The molecule has 1 N–H and O–H groups in total. The Balaban J connectivity index is 0.000000181. The molecule has 0 saturated carbocycles. The highest BCUT2D eigenvalue weighted by atomic mass is 16.8. The van der Waals surface area contributed by atoms with E-state index in [2.05, 4.69) is 11.8 Å². The minimum atomic E-state index is -0.113. The number of ether oxygens (including phenoxy) is 4. The Kier molecular flexibility index (Phi) is 10.1. The molecule has 1 aromatic rings. The molecule has 0 aromatic heterocycles. The highest BCUT2D eigenvalue weighted by Gasteiger charge is 2.21. The van der Waals surface area contributed by atoms with Crippen molar-refractivity contribution in [3.63, 3.8) is 0 Å². The van der Waals surface area contributed by atoms with E-state index in [1.54, 1.807) is 0 Å². The second kappa shape index (κ2) is 12.7. The van der Waals surface area contributed by atoms with Crippen LogP contribution in [0.4, 0.5) is 0 Å². The van der Waals surface area contributed by atoms with Crippen molar-refractivity contribution < 1.29 is 24.1 Å². The summed E-state index contributed by atoms with van der Waals surface area (Å²) < 4.78 is 21.9. The normalized spacial score (nSPS) is 22.8. The number of para-hydroxylation sites is 1. The summed E-state index contributed by atoms with van der Waals surface area (Å²) in [4.78, 5) is 0. The Morgan fingerprint density at radius 1 is 0.920 bits per heavy atom. The molecule has 2 aliphatic heterocycles. The van der Waals surface area contributed by atoms with Crippen LogP contribution in [-0.4, -0.2) is 44.1 Å². The van der Waals surface area contributed by atoms with Crippen LogP contribution in [0.1, 0.15) is 38.5 Å². The van der Waals surface area contributed by atoms with E-state index >= 15 is 0 Å². The van der Waals surface area contributed by atoms with Gasteiger partial charge in [-0.1, -0.05) is 30.0 Å². The van der Waals surface area contributed by atoms with Crippen LogP contribution in [-0.2, 0) is 14.2 Å². The maximum Gasteiger partial charge on any atom is 0.160 e. The average molecular weight is 348 g/mol. The van der Waals surface area contributed by atoms with Gasteiger partial charge in [0.05, 0.1) is 0 Å². The number of aliphatic hydroxyl groups is 1. The topological polar surface area (TPSA) is 57.2 Å². The van der Waals surface area contributed by atoms with E-state index in [1.165, 1.54) is 25.7 Å². The summed E-state index contributed by atoms with van der Waals surface area (Å²) in [6.45, 7) is 1.90. The maximum absolute atomic E-state index is 8.33. The fourth-order valence-electron chi connectivity index (χ4n) is 2.55. The molecule has 2 fully saturated rings. The van der Waals surface area contributed by atoms with Gasteiger partial charge in [-0.15, -0.1) is 0 Å². The van der Waals surface area contributed by atoms with E-state index in [9.17, 15) is 0 Å². The van der Waals surface area contributed by atoms with Crippen molar-refractivity contribution >= 4 is 0 Å². The van der Waals surface area contributed by atoms with Gasteiger partial charge in [-0.25, -0.2) is 0 Å². The SMILES string of the molecule is C1CCC(OC2CCCCO2)OC1.OCC#CCOc1ccccc1. The summed E-state index contributed by atoms with van der Waals surface area (Å²) in [7, 11) is 0. The predicted octanol–water partition coefficient (Wildman–Crippen LogP) is 3.12. The summed E-state index contributed by atoms with van der Waals surface area (Å²) in [5.74, 6) is 5.96. The second-order valence-corrected chi connectivity index (χ2v) is 5.84. The van der Waals surface area contributed by atoms with Crippen LogP contribution in [0.5, 0.6) is 5.75 Å². The molecule has 3 rings (SSSR count). The van der Waals surface area contributed by atoms with Crippen LogP contribution in [0.25, 0.3) is 0 Å². The highest BCUT2D eigenvalue weighted by molar-refractivity contribution is 5.21. The average Bonchev–Trinajstić information content (AvgIpc) is 2.68. The zero-order valence-corrected chi connectivity index (χ0v) is 14.7. The third-order valence-electron chi connectivity index (χ3n) is 3.84. The van der Waals surface area contributed by atoms with Gasteiger partial charge < -0.3 is 24.1 Å². The van der Waals surface area contributed by atoms with Gasteiger partial charge >= 0.3 is 0 Å². The van der Waals surface area contributed by atoms with Gasteiger partial charge in [0, 0.05) is 13.2 Å². The minimum absolute atomic E-state index is 0.00292. The van der Waals surface area contributed by atoms with Crippen molar-refractivity contribution in [1.29, 1.82) is 0 Å². The van der Waals surface area contributed by atoms with Crippen molar-refractivity contribution in [3.05, 3.63) is 30.3 Å². The Labute approximate surface area is 150 Å². The van der Waals surface area contributed by atoms with Gasteiger partial charge in [0.1, 0.15) is 19.0 Å². The van der Waals surface area contributed by atoms with Crippen LogP contribution >= 0.6 is 0 Å². The van der Waals surface area contributed by atoms with Crippen molar-refractivity contribution in [2.75, 3.05) is 26.4 Å². The molecular formula is C20H28O5. The first-order valence-corrected chi connectivity index (χ1v) is 9.01. The molecule has 0 aliphatic carbocycles. The van der Waals surface area contributed by atoms with E-state index < -0.39 is 0 Å². The summed E-state index contributed by atoms with van der Waals surface area (Å²) in [5.41, 5.74) is 0. The van der Waals surface area contributed by atoms with Crippen molar-refractivity contribution in [3.8, 4) is 17.6 Å². The third-order valence-corrected chi connectivity index (χ3v) is 3.84. The highest BCUT2D eigenvalue weighted by Crippen LogP contribution is 2.20. The lowest BCUT2D eigenvalue weighted by Gasteiger charge is -2.29. The van der Waals surface area contributed by atoms with Crippen LogP contribution in [0, 0.1) is 11.8 Å². The largest absolute Gasteiger partial charge is 0.481 e. The molecule has 5 nitrogen and oxygen atoms in total. The molecule has 2 heterocycles. The first kappa shape index (κ1) is 19.7. The smallest absolute Gasteiger partial charge is 0.160 e. The van der Waals surface area contributed by atoms with Crippen LogP contribution < -0.4 is 4.74 Å². The minimum Gasteiger partial charge on any atom is -0.481 e. The monoisotopic (exact) mass is 348 g/mol. The van der Waals surface area contributed by atoms with Gasteiger partial charge in [-0.05, 0) is 50.7 Å². The van der Waals surface area contributed by atoms with Crippen molar-refractivity contribution in [1.82, 2.24) is 0 Å². The van der Waals surface area contributed by atoms with Crippen LogP contribution in [0.15, 0.2) is 30.3 Å². The van der Waals surface area contributed by atoms with Crippen LogP contribution in [0.3, 0.4) is 0 Å². The standard InChI is InChI=1S/C10H18O3.C10H10O2/c1-3-7-11-9(5-1)13-10-6-2-4-8-12-10;11-8-4-5-9-12-10-6-2-1-3-7-10/h9-10H,1-8H2;1-3,6-7,11H,8-9H2. The predicted molar refractivity (Wildman–Crippen MR) is 95.1 cm³/mol. The molecule has 2 unspecified atom stereocenters. The molecule has 1 aromatic carbocycles. The number of hydrogen-bond acceptors (Lipinski definition) is 5. The van der Waals surface area contributed by atoms with Crippen molar-refractivity contribution in [2.45, 2.75) is 51.1 Å². The molecular weight excluding hydrogens is 320 g/mol. The summed E-state index contributed by atoms with van der Waals surface area (Å²) in [6.07, 6.45) is 6.83. The van der Waals surface area contributed by atoms with E-state index in [0.717, 1.165) is 31.8 Å². The number of rotatable bonds is 4. The van der Waals surface area contributed by atoms with E-state index in [4.69, 9.17) is 24.1 Å².